The summed E-state index contributed by atoms with van der Waals surface area (Å²) in [7, 11) is 0. The van der Waals surface area contributed by atoms with Crippen LogP contribution in [-0.4, -0.2) is 28.4 Å². The molecule has 3 rings (SSSR count). The van der Waals surface area contributed by atoms with E-state index in [0.29, 0.717) is 31.8 Å². The van der Waals surface area contributed by atoms with Gasteiger partial charge in [-0.15, -0.1) is 0 Å². The van der Waals surface area contributed by atoms with Crippen LogP contribution in [0.3, 0.4) is 0 Å². The molecule has 0 aliphatic rings. The van der Waals surface area contributed by atoms with Gasteiger partial charge in [-0.1, -0.05) is 18.2 Å². The fourth-order valence-corrected chi connectivity index (χ4v) is 3.01. The molecule has 0 radical (unpaired) electrons. The lowest BCUT2D eigenvalue weighted by Crippen LogP contribution is -2.29. The summed E-state index contributed by atoms with van der Waals surface area (Å²) in [5.41, 5.74) is 1.83. The summed E-state index contributed by atoms with van der Waals surface area (Å²) in [6.07, 6.45) is 2.40. The fourth-order valence-electron chi connectivity index (χ4n) is 3.01. The Balaban J connectivity index is 1.55. The molecule has 0 aliphatic carbocycles. The summed E-state index contributed by atoms with van der Waals surface area (Å²) < 4.78 is 19.2. The van der Waals surface area contributed by atoms with Gasteiger partial charge in [0.25, 0.3) is 5.91 Å². The fraction of sp³-hybridized carbons (Fsp3) is 0.304. The third kappa shape index (κ3) is 6.26. The Hall–Kier alpha value is -2.99. The Bertz CT molecular complexity index is 925. The predicted molar refractivity (Wildman–Crippen MR) is 110 cm³/mol. The van der Waals surface area contributed by atoms with Gasteiger partial charge in [-0.25, -0.2) is 4.39 Å². The maximum Gasteiger partial charge on any atom is 0.287 e. The van der Waals surface area contributed by atoms with Crippen LogP contribution >= 0.6 is 0 Å². The molecule has 1 N–H and O–H groups in total. The first kappa shape index (κ1) is 20.7. The number of amides is 1. The molecule has 5 nitrogen and oxygen atoms in total. The van der Waals surface area contributed by atoms with Crippen molar-refractivity contribution < 1.29 is 13.6 Å². The third-order valence-electron chi connectivity index (χ3n) is 4.64. The first-order valence-electron chi connectivity index (χ1n) is 9.76. The van der Waals surface area contributed by atoms with E-state index >= 15 is 0 Å². The second-order valence-electron chi connectivity index (χ2n) is 7.22. The SMILES string of the molecule is CC(C)N(Cc1cccc(F)c1)Cc1ccc(C(=O)NCCc2ccccn2)o1. The lowest BCUT2D eigenvalue weighted by Gasteiger charge is -2.25. The van der Waals surface area contributed by atoms with Gasteiger partial charge < -0.3 is 9.73 Å². The van der Waals surface area contributed by atoms with Gasteiger partial charge in [-0.05, 0) is 55.8 Å². The molecule has 2 aromatic heterocycles. The molecule has 1 amide bonds. The number of carbonyl (C=O) groups excluding carboxylic acids is 1. The van der Waals surface area contributed by atoms with Crippen molar-refractivity contribution in [1.29, 1.82) is 0 Å². The Morgan fingerprint density at radius 2 is 2.00 bits per heavy atom. The number of nitrogens with zero attached hydrogens (tertiary/aromatic N) is 2. The molecule has 0 fully saturated rings. The minimum Gasteiger partial charge on any atom is -0.455 e. The van der Waals surface area contributed by atoms with Crippen LogP contribution in [0.15, 0.2) is 65.2 Å². The Morgan fingerprint density at radius 3 is 2.72 bits per heavy atom. The molecule has 1 aromatic carbocycles. The zero-order valence-electron chi connectivity index (χ0n) is 16.8. The second kappa shape index (κ2) is 9.98. The van der Waals surface area contributed by atoms with E-state index in [0.717, 1.165) is 11.3 Å². The van der Waals surface area contributed by atoms with E-state index in [9.17, 15) is 9.18 Å². The summed E-state index contributed by atoms with van der Waals surface area (Å²) in [6.45, 7) is 5.78. The zero-order valence-corrected chi connectivity index (χ0v) is 16.8. The molecule has 2 heterocycles. The van der Waals surface area contributed by atoms with Crippen LogP contribution in [0.4, 0.5) is 4.39 Å². The molecule has 0 atom stereocenters. The first-order valence-corrected chi connectivity index (χ1v) is 9.76. The van der Waals surface area contributed by atoms with E-state index in [-0.39, 0.29) is 23.5 Å². The topological polar surface area (TPSA) is 58.4 Å². The van der Waals surface area contributed by atoms with Gasteiger partial charge in [0.1, 0.15) is 11.6 Å². The highest BCUT2D eigenvalue weighted by molar-refractivity contribution is 5.91. The monoisotopic (exact) mass is 395 g/mol. The van der Waals surface area contributed by atoms with Gasteiger partial charge in [0, 0.05) is 37.4 Å². The van der Waals surface area contributed by atoms with E-state index in [1.807, 2.05) is 30.3 Å². The number of halogens is 1. The minimum atomic E-state index is -0.242. The largest absolute Gasteiger partial charge is 0.455 e. The van der Waals surface area contributed by atoms with Crippen molar-refractivity contribution in [3.8, 4) is 0 Å². The molecule has 0 spiro atoms. The number of benzene rings is 1. The average Bonchev–Trinajstić information content (AvgIpc) is 3.17. The highest BCUT2D eigenvalue weighted by Crippen LogP contribution is 2.16. The van der Waals surface area contributed by atoms with E-state index in [2.05, 4.69) is 29.0 Å². The highest BCUT2D eigenvalue weighted by Gasteiger charge is 2.16. The van der Waals surface area contributed by atoms with Crippen molar-refractivity contribution in [2.45, 2.75) is 39.4 Å². The van der Waals surface area contributed by atoms with Gasteiger partial charge in [-0.2, -0.15) is 0 Å². The first-order chi connectivity index (χ1) is 14.0. The summed E-state index contributed by atoms with van der Waals surface area (Å²) in [5.74, 6) is 0.503. The van der Waals surface area contributed by atoms with Gasteiger partial charge in [0.05, 0.1) is 6.54 Å². The number of carbonyl (C=O) groups is 1. The smallest absolute Gasteiger partial charge is 0.287 e. The molecular weight excluding hydrogens is 369 g/mol. The number of pyridine rings is 1. The number of nitrogens with one attached hydrogen (secondary N) is 1. The van der Waals surface area contributed by atoms with E-state index < -0.39 is 0 Å². The van der Waals surface area contributed by atoms with E-state index in [1.54, 1.807) is 18.3 Å². The lowest BCUT2D eigenvalue weighted by atomic mass is 10.2. The molecule has 6 heteroatoms. The number of hydrogen-bond donors (Lipinski definition) is 1. The van der Waals surface area contributed by atoms with Gasteiger partial charge in [-0.3, -0.25) is 14.7 Å². The number of furan rings is 1. The van der Waals surface area contributed by atoms with Gasteiger partial charge in [0.15, 0.2) is 5.76 Å². The van der Waals surface area contributed by atoms with Crippen molar-refractivity contribution in [2.75, 3.05) is 6.54 Å². The van der Waals surface area contributed by atoms with E-state index in [4.69, 9.17) is 4.42 Å². The average molecular weight is 395 g/mol. The molecular formula is C23H26FN3O2. The van der Waals surface area contributed by atoms with Crippen molar-refractivity contribution in [3.05, 3.63) is 89.4 Å². The van der Waals surface area contributed by atoms with Crippen LogP contribution in [0.25, 0.3) is 0 Å². The quantitative estimate of drug-likeness (QED) is 0.590. The Kier molecular flexibility index (Phi) is 7.14. The third-order valence-corrected chi connectivity index (χ3v) is 4.64. The van der Waals surface area contributed by atoms with Crippen molar-refractivity contribution in [3.63, 3.8) is 0 Å². The summed E-state index contributed by atoms with van der Waals surface area (Å²) in [4.78, 5) is 18.7. The van der Waals surface area contributed by atoms with E-state index in [1.165, 1.54) is 12.1 Å². The van der Waals surface area contributed by atoms with Crippen molar-refractivity contribution in [2.24, 2.45) is 0 Å². The zero-order chi connectivity index (χ0) is 20.6. The Labute approximate surface area is 170 Å². The lowest BCUT2D eigenvalue weighted by molar-refractivity contribution is 0.0921. The molecule has 3 aromatic rings. The van der Waals surface area contributed by atoms with Crippen LogP contribution in [0.5, 0.6) is 0 Å². The van der Waals surface area contributed by atoms with Crippen molar-refractivity contribution in [1.82, 2.24) is 15.2 Å². The second-order valence-corrected chi connectivity index (χ2v) is 7.22. The van der Waals surface area contributed by atoms with Crippen LogP contribution in [0.2, 0.25) is 0 Å². The minimum absolute atomic E-state index is 0.235. The summed E-state index contributed by atoms with van der Waals surface area (Å²) in [6, 6.07) is 16.0. The number of rotatable bonds is 9. The highest BCUT2D eigenvalue weighted by atomic mass is 19.1. The normalized spacial score (nSPS) is 11.2. The van der Waals surface area contributed by atoms with Crippen LogP contribution < -0.4 is 5.32 Å². The Morgan fingerprint density at radius 1 is 1.14 bits per heavy atom. The van der Waals surface area contributed by atoms with Crippen LogP contribution in [-0.2, 0) is 19.5 Å². The molecule has 0 aliphatic heterocycles. The van der Waals surface area contributed by atoms with Crippen molar-refractivity contribution >= 4 is 5.91 Å². The maximum absolute atomic E-state index is 13.5. The summed E-state index contributed by atoms with van der Waals surface area (Å²) >= 11 is 0. The standard InChI is InChI=1S/C23H26FN3O2/c1-17(2)27(15-18-6-5-7-19(24)14-18)16-21-9-10-22(29-21)23(28)26-13-11-20-8-3-4-12-25-20/h3-10,12,14,17H,11,13,15-16H2,1-2H3,(H,26,28). The van der Waals surface area contributed by atoms with Gasteiger partial charge >= 0.3 is 0 Å². The van der Waals surface area contributed by atoms with Crippen LogP contribution in [0, 0.1) is 5.82 Å². The maximum atomic E-state index is 13.5. The summed E-state index contributed by atoms with van der Waals surface area (Å²) in [5, 5.41) is 2.85. The molecule has 29 heavy (non-hydrogen) atoms. The molecule has 152 valence electrons. The molecule has 0 saturated heterocycles. The van der Waals surface area contributed by atoms with Gasteiger partial charge in [0.2, 0.25) is 0 Å². The van der Waals surface area contributed by atoms with Crippen LogP contribution in [0.1, 0.15) is 41.4 Å². The number of hydrogen-bond acceptors (Lipinski definition) is 4. The molecule has 0 saturated carbocycles. The number of aromatic nitrogens is 1. The predicted octanol–water partition coefficient (Wildman–Crippen LogP) is 4.20. The molecule has 0 unspecified atom stereocenters. The molecule has 0 bridgehead atoms.